The number of benzene rings is 1. The Hall–Kier alpha value is -1.23. The SMILES string of the molecule is c1ccc(Cc2nc(CN3CCC(N4CCCC4)CC3)cs2)cc1. The summed E-state index contributed by atoms with van der Waals surface area (Å²) in [5, 5.41) is 3.49. The zero-order valence-electron chi connectivity index (χ0n) is 14.4. The topological polar surface area (TPSA) is 19.4 Å². The fourth-order valence-electron chi connectivity index (χ4n) is 4.05. The van der Waals surface area contributed by atoms with Crippen molar-refractivity contribution in [3.05, 3.63) is 52.0 Å². The summed E-state index contributed by atoms with van der Waals surface area (Å²) in [6.45, 7) is 6.15. The number of aromatic nitrogens is 1. The van der Waals surface area contributed by atoms with Gasteiger partial charge >= 0.3 is 0 Å². The van der Waals surface area contributed by atoms with E-state index in [0.717, 1.165) is 19.0 Å². The van der Waals surface area contributed by atoms with Crippen LogP contribution in [0.25, 0.3) is 0 Å². The van der Waals surface area contributed by atoms with Gasteiger partial charge in [-0.05, 0) is 44.3 Å². The van der Waals surface area contributed by atoms with Crippen molar-refractivity contribution in [2.24, 2.45) is 0 Å². The second kappa shape index (κ2) is 7.77. The van der Waals surface area contributed by atoms with Crippen LogP contribution in [0, 0.1) is 0 Å². The zero-order chi connectivity index (χ0) is 16.2. The summed E-state index contributed by atoms with van der Waals surface area (Å²) in [6, 6.07) is 11.5. The highest BCUT2D eigenvalue weighted by Gasteiger charge is 2.26. The van der Waals surface area contributed by atoms with E-state index in [1.54, 1.807) is 0 Å². The van der Waals surface area contributed by atoms with Crippen LogP contribution in [0.5, 0.6) is 0 Å². The number of hydrogen-bond donors (Lipinski definition) is 0. The van der Waals surface area contributed by atoms with E-state index < -0.39 is 0 Å². The quantitative estimate of drug-likeness (QED) is 0.825. The van der Waals surface area contributed by atoms with E-state index in [4.69, 9.17) is 4.98 Å². The Morgan fingerprint density at radius 1 is 1.00 bits per heavy atom. The number of piperidine rings is 1. The van der Waals surface area contributed by atoms with Gasteiger partial charge < -0.3 is 4.90 Å². The van der Waals surface area contributed by atoms with Crippen molar-refractivity contribution in [3.8, 4) is 0 Å². The maximum atomic E-state index is 4.86. The van der Waals surface area contributed by atoms with Gasteiger partial charge in [-0.15, -0.1) is 11.3 Å². The molecular weight excluding hydrogens is 314 g/mol. The highest BCUT2D eigenvalue weighted by molar-refractivity contribution is 7.09. The molecule has 2 aliphatic heterocycles. The largest absolute Gasteiger partial charge is 0.300 e. The molecule has 2 aromatic rings. The van der Waals surface area contributed by atoms with Gasteiger partial charge in [0.15, 0.2) is 0 Å². The Labute approximate surface area is 149 Å². The lowest BCUT2D eigenvalue weighted by molar-refractivity contribution is 0.122. The van der Waals surface area contributed by atoms with Gasteiger partial charge in [0, 0.05) is 37.5 Å². The molecule has 0 saturated carbocycles. The number of hydrogen-bond acceptors (Lipinski definition) is 4. The second-order valence-electron chi connectivity index (χ2n) is 7.15. The molecular formula is C20H27N3S. The number of thiazole rings is 1. The maximum absolute atomic E-state index is 4.86. The fourth-order valence-corrected chi connectivity index (χ4v) is 4.87. The summed E-state index contributed by atoms with van der Waals surface area (Å²) in [7, 11) is 0. The third-order valence-electron chi connectivity index (χ3n) is 5.40. The van der Waals surface area contributed by atoms with Crippen LogP contribution in [0.4, 0.5) is 0 Å². The maximum Gasteiger partial charge on any atom is 0.0972 e. The van der Waals surface area contributed by atoms with E-state index in [2.05, 4.69) is 45.5 Å². The lowest BCUT2D eigenvalue weighted by Crippen LogP contribution is -2.43. The van der Waals surface area contributed by atoms with E-state index in [1.807, 2.05) is 11.3 Å². The fraction of sp³-hybridized carbons (Fsp3) is 0.550. The summed E-state index contributed by atoms with van der Waals surface area (Å²) in [6.07, 6.45) is 6.44. The first kappa shape index (κ1) is 16.2. The van der Waals surface area contributed by atoms with Crippen LogP contribution >= 0.6 is 11.3 Å². The number of rotatable bonds is 5. The van der Waals surface area contributed by atoms with Crippen LogP contribution in [0.1, 0.15) is 41.9 Å². The Morgan fingerprint density at radius 3 is 2.50 bits per heavy atom. The zero-order valence-corrected chi connectivity index (χ0v) is 15.2. The monoisotopic (exact) mass is 341 g/mol. The van der Waals surface area contributed by atoms with Crippen LogP contribution in [-0.4, -0.2) is 47.0 Å². The van der Waals surface area contributed by atoms with Crippen molar-refractivity contribution in [1.29, 1.82) is 0 Å². The first-order valence-electron chi connectivity index (χ1n) is 9.30. The van der Waals surface area contributed by atoms with Gasteiger partial charge in [0.1, 0.15) is 0 Å². The van der Waals surface area contributed by atoms with Gasteiger partial charge in [-0.25, -0.2) is 4.98 Å². The first-order chi connectivity index (χ1) is 11.9. The Balaban J connectivity index is 1.27. The van der Waals surface area contributed by atoms with Crippen molar-refractivity contribution in [1.82, 2.24) is 14.8 Å². The van der Waals surface area contributed by atoms with Crippen molar-refractivity contribution < 1.29 is 0 Å². The van der Waals surface area contributed by atoms with Crippen LogP contribution in [0.2, 0.25) is 0 Å². The predicted octanol–water partition coefficient (Wildman–Crippen LogP) is 3.79. The normalized spacial score (nSPS) is 20.7. The van der Waals surface area contributed by atoms with Gasteiger partial charge in [-0.1, -0.05) is 30.3 Å². The van der Waals surface area contributed by atoms with Crippen molar-refractivity contribution in [2.75, 3.05) is 26.2 Å². The summed E-state index contributed by atoms with van der Waals surface area (Å²) >= 11 is 1.81. The molecule has 0 aliphatic carbocycles. The first-order valence-corrected chi connectivity index (χ1v) is 10.2. The number of nitrogens with zero attached hydrogens (tertiary/aromatic N) is 3. The molecule has 0 radical (unpaired) electrons. The van der Waals surface area contributed by atoms with E-state index in [9.17, 15) is 0 Å². The third-order valence-corrected chi connectivity index (χ3v) is 6.29. The molecule has 0 bridgehead atoms. The molecule has 0 spiro atoms. The molecule has 0 N–H and O–H groups in total. The van der Waals surface area contributed by atoms with Crippen LogP contribution < -0.4 is 0 Å². The lowest BCUT2D eigenvalue weighted by Gasteiger charge is -2.36. The van der Waals surface area contributed by atoms with E-state index >= 15 is 0 Å². The van der Waals surface area contributed by atoms with Crippen LogP contribution in [0.15, 0.2) is 35.7 Å². The number of likely N-dealkylation sites (tertiary alicyclic amines) is 2. The molecule has 0 atom stereocenters. The molecule has 4 rings (SSSR count). The molecule has 2 aliphatic rings. The average Bonchev–Trinajstić information content (AvgIpc) is 3.29. The van der Waals surface area contributed by atoms with Crippen molar-refractivity contribution in [2.45, 2.75) is 44.7 Å². The summed E-state index contributed by atoms with van der Waals surface area (Å²) < 4.78 is 0. The van der Waals surface area contributed by atoms with Crippen molar-refractivity contribution in [3.63, 3.8) is 0 Å². The summed E-state index contributed by atoms with van der Waals surface area (Å²) in [5.41, 5.74) is 2.61. The summed E-state index contributed by atoms with van der Waals surface area (Å²) in [5.74, 6) is 0. The molecule has 1 aromatic heterocycles. The predicted molar refractivity (Wildman–Crippen MR) is 100 cm³/mol. The minimum atomic E-state index is 0.841. The van der Waals surface area contributed by atoms with E-state index in [1.165, 1.54) is 68.1 Å². The van der Waals surface area contributed by atoms with Gasteiger partial charge in [0.05, 0.1) is 10.7 Å². The highest BCUT2D eigenvalue weighted by Crippen LogP contribution is 2.23. The molecule has 3 nitrogen and oxygen atoms in total. The van der Waals surface area contributed by atoms with Gasteiger partial charge in [0.2, 0.25) is 0 Å². The van der Waals surface area contributed by atoms with Gasteiger partial charge in [-0.3, -0.25) is 4.90 Å². The smallest absolute Gasteiger partial charge is 0.0972 e. The van der Waals surface area contributed by atoms with Crippen LogP contribution in [0.3, 0.4) is 0 Å². The van der Waals surface area contributed by atoms with E-state index in [0.29, 0.717) is 0 Å². The molecule has 0 amide bonds. The Morgan fingerprint density at radius 2 is 1.75 bits per heavy atom. The molecule has 2 saturated heterocycles. The molecule has 24 heavy (non-hydrogen) atoms. The molecule has 4 heteroatoms. The molecule has 2 fully saturated rings. The minimum absolute atomic E-state index is 0.841. The lowest BCUT2D eigenvalue weighted by atomic mass is 10.0. The van der Waals surface area contributed by atoms with Crippen LogP contribution in [-0.2, 0) is 13.0 Å². The summed E-state index contributed by atoms with van der Waals surface area (Å²) in [4.78, 5) is 10.2. The molecule has 3 heterocycles. The third kappa shape index (κ3) is 4.05. The molecule has 128 valence electrons. The standard InChI is InChI=1S/C20H27N3S/c1-2-6-17(7-3-1)14-20-21-18(16-24-20)15-22-12-8-19(9-13-22)23-10-4-5-11-23/h1-3,6-7,16,19H,4-5,8-15H2. The van der Waals surface area contributed by atoms with E-state index in [-0.39, 0.29) is 0 Å². The highest BCUT2D eigenvalue weighted by atomic mass is 32.1. The minimum Gasteiger partial charge on any atom is -0.300 e. The van der Waals surface area contributed by atoms with Crippen molar-refractivity contribution >= 4 is 11.3 Å². The Bertz CT molecular complexity index is 625. The van der Waals surface area contributed by atoms with Gasteiger partial charge in [0.25, 0.3) is 0 Å². The van der Waals surface area contributed by atoms with Gasteiger partial charge in [-0.2, -0.15) is 0 Å². The second-order valence-corrected chi connectivity index (χ2v) is 8.09. The average molecular weight is 342 g/mol. The Kier molecular flexibility index (Phi) is 5.26. The molecule has 0 unspecified atom stereocenters. The molecule has 1 aromatic carbocycles.